The van der Waals surface area contributed by atoms with Gasteiger partial charge in [0.25, 0.3) is 0 Å². The van der Waals surface area contributed by atoms with Crippen LogP contribution in [0.15, 0.2) is 0 Å². The van der Waals surface area contributed by atoms with Crippen molar-refractivity contribution < 1.29 is 0 Å². The van der Waals surface area contributed by atoms with Crippen LogP contribution in [0.5, 0.6) is 0 Å². The highest BCUT2D eigenvalue weighted by Gasteiger charge is 2.29. The first-order valence-electron chi connectivity index (χ1n) is 5.98. The molecule has 0 saturated heterocycles. The molecule has 0 amide bonds. The maximum Gasteiger partial charge on any atom is 0.0931 e. The first kappa shape index (κ1) is 11.1. The van der Waals surface area contributed by atoms with E-state index in [0.717, 1.165) is 12.5 Å². The number of nitrogens with zero attached hydrogens (tertiary/aromatic N) is 1. The maximum absolute atomic E-state index is 4.81. The molecule has 0 radical (unpaired) electrons. The van der Waals surface area contributed by atoms with Crippen LogP contribution in [0.3, 0.4) is 0 Å². The summed E-state index contributed by atoms with van der Waals surface area (Å²) in [7, 11) is 2.02. The minimum absolute atomic E-state index is 0.792. The summed E-state index contributed by atoms with van der Waals surface area (Å²) in [6, 6.07) is 0. The summed E-state index contributed by atoms with van der Waals surface area (Å²) in [4.78, 5) is 6.28. The molecule has 1 aromatic heterocycles. The van der Waals surface area contributed by atoms with Gasteiger partial charge in [-0.05, 0) is 32.7 Å². The van der Waals surface area contributed by atoms with Crippen LogP contribution in [0.4, 0.5) is 0 Å². The lowest BCUT2D eigenvalue weighted by Gasteiger charge is -1.97. The molecule has 0 aromatic carbocycles. The van der Waals surface area contributed by atoms with E-state index in [4.69, 9.17) is 4.98 Å². The molecule has 1 N–H and O–H groups in total. The molecular formula is C12H20N2S. The summed E-state index contributed by atoms with van der Waals surface area (Å²) >= 11 is 1.92. The number of aryl methyl sites for hydroxylation is 1. The van der Waals surface area contributed by atoms with Crippen molar-refractivity contribution in [2.45, 2.75) is 51.5 Å². The van der Waals surface area contributed by atoms with E-state index in [1.807, 2.05) is 18.4 Å². The molecule has 0 atom stereocenters. The van der Waals surface area contributed by atoms with Crippen molar-refractivity contribution in [1.82, 2.24) is 10.3 Å². The van der Waals surface area contributed by atoms with Crippen LogP contribution < -0.4 is 5.32 Å². The minimum Gasteiger partial charge on any atom is -0.315 e. The van der Waals surface area contributed by atoms with Crippen molar-refractivity contribution in [2.24, 2.45) is 0 Å². The average molecular weight is 224 g/mol. The minimum atomic E-state index is 0.792. The molecule has 1 aliphatic rings. The molecule has 0 bridgehead atoms. The summed E-state index contributed by atoms with van der Waals surface area (Å²) in [5.74, 6) is 0.792. The van der Waals surface area contributed by atoms with Gasteiger partial charge in [0, 0.05) is 17.3 Å². The Morgan fingerprint density at radius 1 is 1.47 bits per heavy atom. The molecule has 1 aromatic rings. The Kier molecular flexibility index (Phi) is 3.76. The highest BCUT2D eigenvalue weighted by molar-refractivity contribution is 7.11. The molecule has 1 heterocycles. The zero-order chi connectivity index (χ0) is 10.7. The predicted molar refractivity (Wildman–Crippen MR) is 65.5 cm³/mol. The van der Waals surface area contributed by atoms with E-state index in [9.17, 15) is 0 Å². The molecule has 1 saturated carbocycles. The Balaban J connectivity index is 2.08. The molecule has 0 aliphatic heterocycles. The molecule has 0 unspecified atom stereocenters. The average Bonchev–Trinajstić information content (AvgIpc) is 3.00. The third kappa shape index (κ3) is 2.79. The Hall–Kier alpha value is -0.410. The zero-order valence-corrected chi connectivity index (χ0v) is 10.5. The van der Waals surface area contributed by atoms with Gasteiger partial charge in [0.2, 0.25) is 0 Å². The highest BCUT2D eigenvalue weighted by Crippen LogP contribution is 2.42. The van der Waals surface area contributed by atoms with Crippen LogP contribution in [-0.2, 0) is 13.0 Å². The summed E-state index contributed by atoms with van der Waals surface area (Å²) in [5, 5.41) is 4.60. The van der Waals surface area contributed by atoms with Gasteiger partial charge in [-0.2, -0.15) is 0 Å². The van der Waals surface area contributed by atoms with Crippen molar-refractivity contribution in [3.05, 3.63) is 15.6 Å². The van der Waals surface area contributed by atoms with E-state index in [1.54, 1.807) is 0 Å². The van der Waals surface area contributed by atoms with E-state index in [-0.39, 0.29) is 0 Å². The number of aromatic nitrogens is 1. The van der Waals surface area contributed by atoms with Crippen molar-refractivity contribution in [2.75, 3.05) is 7.05 Å². The molecule has 3 heteroatoms. The Labute approximate surface area is 96.1 Å². The first-order valence-corrected chi connectivity index (χ1v) is 6.79. The van der Waals surface area contributed by atoms with Gasteiger partial charge in [0.15, 0.2) is 0 Å². The number of hydrogen-bond acceptors (Lipinski definition) is 3. The fourth-order valence-corrected chi connectivity index (χ4v) is 3.02. The smallest absolute Gasteiger partial charge is 0.0931 e. The fraction of sp³-hybridized carbons (Fsp3) is 0.750. The number of nitrogens with one attached hydrogen (secondary N) is 1. The quantitative estimate of drug-likeness (QED) is 0.803. The summed E-state index contributed by atoms with van der Waals surface area (Å²) in [5.41, 5.74) is 1.40. The van der Waals surface area contributed by atoms with Crippen molar-refractivity contribution in [3.8, 4) is 0 Å². The van der Waals surface area contributed by atoms with Gasteiger partial charge < -0.3 is 5.32 Å². The normalized spacial score (nSPS) is 15.9. The Morgan fingerprint density at radius 3 is 2.87 bits per heavy atom. The van der Waals surface area contributed by atoms with Crippen molar-refractivity contribution in [3.63, 3.8) is 0 Å². The van der Waals surface area contributed by atoms with E-state index >= 15 is 0 Å². The second kappa shape index (κ2) is 5.08. The predicted octanol–water partition coefficient (Wildman–Crippen LogP) is 3.08. The lowest BCUT2D eigenvalue weighted by molar-refractivity contribution is 0.781. The van der Waals surface area contributed by atoms with E-state index in [1.165, 1.54) is 47.7 Å². The van der Waals surface area contributed by atoms with Crippen molar-refractivity contribution >= 4 is 11.3 Å². The number of hydrogen-bond donors (Lipinski definition) is 1. The maximum atomic E-state index is 4.81. The summed E-state index contributed by atoms with van der Waals surface area (Å²) in [6.07, 6.45) is 6.42. The molecule has 2 rings (SSSR count). The van der Waals surface area contributed by atoms with Crippen LogP contribution >= 0.6 is 11.3 Å². The second-order valence-electron chi connectivity index (χ2n) is 4.32. The molecule has 84 valence electrons. The molecule has 1 aliphatic carbocycles. The largest absolute Gasteiger partial charge is 0.315 e. The van der Waals surface area contributed by atoms with E-state index in [2.05, 4.69) is 12.2 Å². The van der Waals surface area contributed by atoms with Crippen LogP contribution in [0.2, 0.25) is 0 Å². The molecule has 15 heavy (non-hydrogen) atoms. The monoisotopic (exact) mass is 224 g/mol. The number of unbranched alkanes of at least 4 members (excludes halogenated alkanes) is 1. The van der Waals surface area contributed by atoms with Crippen LogP contribution in [0.25, 0.3) is 0 Å². The number of thiazole rings is 1. The third-order valence-corrected chi connectivity index (χ3v) is 3.95. The third-order valence-electron chi connectivity index (χ3n) is 2.82. The lowest BCUT2D eigenvalue weighted by atomic mass is 10.2. The molecule has 2 nitrogen and oxygen atoms in total. The number of rotatable bonds is 6. The Morgan fingerprint density at radius 2 is 2.27 bits per heavy atom. The zero-order valence-electron chi connectivity index (χ0n) is 9.68. The van der Waals surface area contributed by atoms with Gasteiger partial charge in [-0.15, -0.1) is 11.3 Å². The molecule has 1 fully saturated rings. The summed E-state index contributed by atoms with van der Waals surface area (Å²) < 4.78 is 0. The van der Waals surface area contributed by atoms with Crippen molar-refractivity contribution in [1.29, 1.82) is 0 Å². The fourth-order valence-electron chi connectivity index (χ4n) is 1.81. The molecular weight excluding hydrogens is 204 g/mol. The van der Waals surface area contributed by atoms with Gasteiger partial charge in [-0.3, -0.25) is 0 Å². The Bertz CT molecular complexity index is 315. The SMILES string of the molecule is CCCCc1nc(C2CC2)c(CNC)s1. The van der Waals surface area contributed by atoms with Crippen LogP contribution in [0.1, 0.15) is 54.1 Å². The van der Waals surface area contributed by atoms with E-state index in [0.29, 0.717) is 0 Å². The van der Waals surface area contributed by atoms with Gasteiger partial charge in [0.05, 0.1) is 10.7 Å². The highest BCUT2D eigenvalue weighted by atomic mass is 32.1. The lowest BCUT2D eigenvalue weighted by Crippen LogP contribution is -2.05. The van der Waals surface area contributed by atoms with Gasteiger partial charge in [0.1, 0.15) is 0 Å². The van der Waals surface area contributed by atoms with Gasteiger partial charge in [-0.1, -0.05) is 13.3 Å². The second-order valence-corrected chi connectivity index (χ2v) is 5.49. The summed E-state index contributed by atoms with van der Waals surface area (Å²) in [6.45, 7) is 3.24. The molecule has 0 spiro atoms. The van der Waals surface area contributed by atoms with Crippen LogP contribution in [0, 0.1) is 0 Å². The topological polar surface area (TPSA) is 24.9 Å². The van der Waals surface area contributed by atoms with E-state index < -0.39 is 0 Å². The van der Waals surface area contributed by atoms with Crippen LogP contribution in [-0.4, -0.2) is 12.0 Å². The van der Waals surface area contributed by atoms with Gasteiger partial charge in [-0.25, -0.2) is 4.98 Å². The standard InChI is InChI=1S/C12H20N2S/c1-3-4-5-11-14-12(9-6-7-9)10(15-11)8-13-2/h9,13H,3-8H2,1-2H3. The first-order chi connectivity index (χ1) is 7.35. The van der Waals surface area contributed by atoms with Gasteiger partial charge >= 0.3 is 0 Å².